The van der Waals surface area contributed by atoms with Crippen molar-refractivity contribution >= 4 is 11.4 Å². The van der Waals surface area contributed by atoms with Gasteiger partial charge in [0.05, 0.1) is 18.1 Å². The number of rotatable bonds is 5. The standard InChI is InChI=1S/C12H17N3O3/c1-3-14(9-7-13-8-9)10-5-4-6-11(18-2)12(10)15(16)17/h4-6,9,13H,3,7-8H2,1-2H3. The Kier molecular flexibility index (Phi) is 3.66. The number of hydrogen-bond acceptors (Lipinski definition) is 5. The van der Waals surface area contributed by atoms with E-state index < -0.39 is 0 Å². The summed E-state index contributed by atoms with van der Waals surface area (Å²) in [5, 5.41) is 14.4. The van der Waals surface area contributed by atoms with E-state index in [1.165, 1.54) is 7.11 Å². The molecular formula is C12H17N3O3. The topological polar surface area (TPSA) is 67.6 Å². The summed E-state index contributed by atoms with van der Waals surface area (Å²) in [5.74, 6) is 0.309. The number of anilines is 1. The van der Waals surface area contributed by atoms with Gasteiger partial charge in [-0.05, 0) is 19.1 Å². The first-order chi connectivity index (χ1) is 8.69. The van der Waals surface area contributed by atoms with Gasteiger partial charge in [0.2, 0.25) is 0 Å². The van der Waals surface area contributed by atoms with E-state index in [0.29, 0.717) is 17.5 Å². The molecule has 0 atom stereocenters. The third-order valence-electron chi connectivity index (χ3n) is 3.23. The van der Waals surface area contributed by atoms with Crippen molar-refractivity contribution in [2.45, 2.75) is 13.0 Å². The minimum atomic E-state index is -0.372. The number of nitro groups is 1. The highest BCUT2D eigenvalue weighted by Gasteiger charge is 2.30. The van der Waals surface area contributed by atoms with E-state index in [1.54, 1.807) is 18.2 Å². The summed E-state index contributed by atoms with van der Waals surface area (Å²) in [4.78, 5) is 12.9. The molecule has 0 aromatic heterocycles. The lowest BCUT2D eigenvalue weighted by Crippen LogP contribution is -2.57. The molecule has 0 radical (unpaired) electrons. The molecule has 0 spiro atoms. The minimum Gasteiger partial charge on any atom is -0.490 e. The van der Waals surface area contributed by atoms with Crippen LogP contribution in [0.4, 0.5) is 11.4 Å². The summed E-state index contributed by atoms with van der Waals surface area (Å²) in [6.07, 6.45) is 0. The number of nitrogens with one attached hydrogen (secondary N) is 1. The summed E-state index contributed by atoms with van der Waals surface area (Å²) in [5.41, 5.74) is 0.683. The van der Waals surface area contributed by atoms with Crippen LogP contribution in [0.1, 0.15) is 6.92 Å². The predicted octanol–water partition coefficient (Wildman–Crippen LogP) is 1.40. The Hall–Kier alpha value is -1.82. The zero-order valence-corrected chi connectivity index (χ0v) is 10.5. The zero-order chi connectivity index (χ0) is 13.1. The predicted molar refractivity (Wildman–Crippen MR) is 69.3 cm³/mol. The van der Waals surface area contributed by atoms with Crippen LogP contribution in [0.15, 0.2) is 18.2 Å². The number of hydrogen-bond donors (Lipinski definition) is 1. The van der Waals surface area contributed by atoms with E-state index in [9.17, 15) is 10.1 Å². The number of ether oxygens (including phenoxy) is 1. The average molecular weight is 251 g/mol. The molecule has 1 aliphatic rings. The van der Waals surface area contributed by atoms with E-state index in [1.807, 2.05) is 6.92 Å². The first-order valence-corrected chi connectivity index (χ1v) is 5.97. The monoisotopic (exact) mass is 251 g/mol. The molecule has 98 valence electrons. The van der Waals surface area contributed by atoms with Crippen LogP contribution in [-0.4, -0.2) is 37.7 Å². The van der Waals surface area contributed by atoms with Gasteiger partial charge in [0.15, 0.2) is 5.75 Å². The highest BCUT2D eigenvalue weighted by molar-refractivity contribution is 5.70. The van der Waals surface area contributed by atoms with Crippen LogP contribution in [0.25, 0.3) is 0 Å². The van der Waals surface area contributed by atoms with Gasteiger partial charge in [-0.15, -0.1) is 0 Å². The maximum Gasteiger partial charge on any atom is 0.333 e. The largest absolute Gasteiger partial charge is 0.490 e. The molecule has 0 aliphatic carbocycles. The Labute approximate surface area is 106 Å². The van der Waals surface area contributed by atoms with Gasteiger partial charge in [0.25, 0.3) is 0 Å². The molecular weight excluding hydrogens is 234 g/mol. The molecule has 0 amide bonds. The lowest BCUT2D eigenvalue weighted by atomic mass is 10.1. The molecule has 1 saturated heterocycles. The smallest absolute Gasteiger partial charge is 0.333 e. The Morgan fingerprint density at radius 1 is 1.56 bits per heavy atom. The normalized spacial score (nSPS) is 15.0. The van der Waals surface area contributed by atoms with Crippen molar-refractivity contribution in [3.63, 3.8) is 0 Å². The van der Waals surface area contributed by atoms with Gasteiger partial charge in [0.1, 0.15) is 5.69 Å². The van der Waals surface area contributed by atoms with E-state index in [2.05, 4.69) is 10.2 Å². The molecule has 0 saturated carbocycles. The quantitative estimate of drug-likeness (QED) is 0.633. The molecule has 1 fully saturated rings. The molecule has 6 nitrogen and oxygen atoms in total. The van der Waals surface area contributed by atoms with E-state index in [-0.39, 0.29) is 10.6 Å². The Morgan fingerprint density at radius 2 is 2.28 bits per heavy atom. The van der Waals surface area contributed by atoms with Crippen molar-refractivity contribution in [2.75, 3.05) is 31.6 Å². The van der Waals surface area contributed by atoms with Crippen molar-refractivity contribution in [3.8, 4) is 5.75 Å². The van der Waals surface area contributed by atoms with Crippen LogP contribution in [0.3, 0.4) is 0 Å². The number of benzene rings is 1. The van der Waals surface area contributed by atoms with Crippen LogP contribution >= 0.6 is 0 Å². The van der Waals surface area contributed by atoms with Crippen molar-refractivity contribution in [1.29, 1.82) is 0 Å². The third kappa shape index (κ3) is 2.11. The van der Waals surface area contributed by atoms with Crippen LogP contribution < -0.4 is 15.0 Å². The first-order valence-electron chi connectivity index (χ1n) is 5.97. The molecule has 18 heavy (non-hydrogen) atoms. The molecule has 0 unspecified atom stereocenters. The van der Waals surface area contributed by atoms with Crippen molar-refractivity contribution in [2.24, 2.45) is 0 Å². The second kappa shape index (κ2) is 5.22. The van der Waals surface area contributed by atoms with Crippen LogP contribution in [0.5, 0.6) is 5.75 Å². The van der Waals surface area contributed by atoms with Crippen LogP contribution in [0, 0.1) is 10.1 Å². The number of methoxy groups -OCH3 is 1. The highest BCUT2D eigenvalue weighted by Crippen LogP contribution is 2.37. The molecule has 1 aromatic rings. The molecule has 0 bridgehead atoms. The summed E-state index contributed by atoms with van der Waals surface area (Å²) in [6.45, 7) is 4.46. The summed E-state index contributed by atoms with van der Waals surface area (Å²) >= 11 is 0. The fourth-order valence-electron chi connectivity index (χ4n) is 2.21. The van der Waals surface area contributed by atoms with Gasteiger partial charge < -0.3 is 15.0 Å². The Bertz CT molecular complexity index is 446. The van der Waals surface area contributed by atoms with Gasteiger partial charge in [-0.25, -0.2) is 0 Å². The summed E-state index contributed by atoms with van der Waals surface area (Å²) in [7, 11) is 1.45. The molecule has 1 aromatic carbocycles. The first kappa shape index (κ1) is 12.6. The third-order valence-corrected chi connectivity index (χ3v) is 3.23. The second-order valence-corrected chi connectivity index (χ2v) is 4.18. The van der Waals surface area contributed by atoms with Crippen molar-refractivity contribution in [3.05, 3.63) is 28.3 Å². The zero-order valence-electron chi connectivity index (χ0n) is 10.5. The van der Waals surface area contributed by atoms with Gasteiger partial charge in [-0.3, -0.25) is 10.1 Å². The van der Waals surface area contributed by atoms with E-state index >= 15 is 0 Å². The fourth-order valence-corrected chi connectivity index (χ4v) is 2.21. The number of nitrogens with zero attached hydrogens (tertiary/aromatic N) is 2. The van der Waals surface area contributed by atoms with Gasteiger partial charge in [0, 0.05) is 19.6 Å². The van der Waals surface area contributed by atoms with Crippen LogP contribution in [0.2, 0.25) is 0 Å². The van der Waals surface area contributed by atoms with Crippen molar-refractivity contribution in [1.82, 2.24) is 5.32 Å². The van der Waals surface area contributed by atoms with Gasteiger partial charge in [-0.1, -0.05) is 6.07 Å². The fraction of sp³-hybridized carbons (Fsp3) is 0.500. The number of nitro benzene ring substituents is 1. The molecule has 1 N–H and O–H groups in total. The lowest BCUT2D eigenvalue weighted by Gasteiger charge is -2.38. The minimum absolute atomic E-state index is 0.0498. The van der Waals surface area contributed by atoms with Gasteiger partial charge >= 0.3 is 5.69 Å². The lowest BCUT2D eigenvalue weighted by molar-refractivity contribution is -0.385. The molecule has 2 rings (SSSR count). The summed E-state index contributed by atoms with van der Waals surface area (Å²) < 4.78 is 5.09. The molecule has 1 aliphatic heterocycles. The summed E-state index contributed by atoms with van der Waals surface area (Å²) in [6, 6.07) is 5.51. The Morgan fingerprint density at radius 3 is 2.72 bits per heavy atom. The van der Waals surface area contributed by atoms with Crippen molar-refractivity contribution < 1.29 is 9.66 Å². The van der Waals surface area contributed by atoms with Crippen LogP contribution in [-0.2, 0) is 0 Å². The molecule has 6 heteroatoms. The van der Waals surface area contributed by atoms with Gasteiger partial charge in [-0.2, -0.15) is 0 Å². The number of likely N-dealkylation sites (N-methyl/N-ethyl adjacent to an activating group) is 1. The van der Waals surface area contributed by atoms with E-state index in [0.717, 1.165) is 19.6 Å². The molecule has 1 heterocycles. The average Bonchev–Trinajstić information content (AvgIpc) is 2.32. The van der Waals surface area contributed by atoms with E-state index in [4.69, 9.17) is 4.74 Å². The maximum absolute atomic E-state index is 11.2. The second-order valence-electron chi connectivity index (χ2n) is 4.18. The highest BCUT2D eigenvalue weighted by atomic mass is 16.6. The SMILES string of the molecule is CCN(c1cccc(OC)c1[N+](=O)[O-])C1CNC1. The Balaban J connectivity index is 2.44. The number of para-hydroxylation sites is 1. The maximum atomic E-state index is 11.2.